The molecule has 1 fully saturated rings. The molecule has 0 bridgehead atoms. The summed E-state index contributed by atoms with van der Waals surface area (Å²) >= 11 is 1.99. The molecule has 1 aliphatic rings. The van der Waals surface area contributed by atoms with Crippen LogP contribution < -0.4 is 5.32 Å². The van der Waals surface area contributed by atoms with Crippen molar-refractivity contribution in [3.05, 3.63) is 21.9 Å². The van der Waals surface area contributed by atoms with Gasteiger partial charge in [-0.25, -0.2) is 0 Å². The van der Waals surface area contributed by atoms with Gasteiger partial charge in [0, 0.05) is 21.3 Å². The quantitative estimate of drug-likeness (QED) is 0.860. The Labute approximate surface area is 128 Å². The highest BCUT2D eigenvalue weighted by molar-refractivity contribution is 7.11. The first-order valence-corrected chi connectivity index (χ1v) is 8.86. The number of hydrogen-bond acceptors (Lipinski definition) is 3. The Bertz CT molecular complexity index is 405. The minimum Gasteiger partial charge on any atom is -0.315 e. The van der Waals surface area contributed by atoms with Crippen molar-refractivity contribution in [1.29, 1.82) is 0 Å². The smallest absolute Gasteiger partial charge is 0.0359 e. The average Bonchev–Trinajstić information content (AvgIpc) is 2.93. The third-order valence-corrected chi connectivity index (χ3v) is 6.33. The highest BCUT2D eigenvalue weighted by Gasteiger charge is 2.41. The van der Waals surface area contributed by atoms with E-state index in [2.05, 4.69) is 50.4 Å². The summed E-state index contributed by atoms with van der Waals surface area (Å²) in [6.45, 7) is 2.24. The molecule has 0 aromatic carbocycles. The molecule has 2 rings (SSSR count). The largest absolute Gasteiger partial charge is 0.315 e. The molecule has 2 nitrogen and oxygen atoms in total. The van der Waals surface area contributed by atoms with E-state index in [1.165, 1.54) is 48.3 Å². The van der Waals surface area contributed by atoms with Crippen LogP contribution in [0.25, 0.3) is 0 Å². The van der Waals surface area contributed by atoms with E-state index in [1.807, 2.05) is 11.3 Å². The number of nitrogens with one attached hydrogen (secondary N) is 1. The summed E-state index contributed by atoms with van der Waals surface area (Å²) in [7, 11) is 6.67. The number of rotatable bonds is 6. The number of nitrogens with zero attached hydrogens (tertiary/aromatic N) is 1. The van der Waals surface area contributed by atoms with Gasteiger partial charge in [0.25, 0.3) is 0 Å². The van der Waals surface area contributed by atoms with Crippen molar-refractivity contribution >= 4 is 11.3 Å². The maximum Gasteiger partial charge on any atom is 0.0359 e. The Kier molecular flexibility index (Phi) is 5.65. The summed E-state index contributed by atoms with van der Waals surface area (Å²) in [6, 6.07) is 5.19. The van der Waals surface area contributed by atoms with Crippen LogP contribution in [0.15, 0.2) is 12.1 Å². The van der Waals surface area contributed by atoms with Crippen molar-refractivity contribution < 1.29 is 0 Å². The molecule has 3 heteroatoms. The zero-order valence-corrected chi connectivity index (χ0v) is 14.4. The molecule has 0 spiro atoms. The van der Waals surface area contributed by atoms with Gasteiger partial charge in [-0.2, -0.15) is 0 Å². The minimum atomic E-state index is 0.337. The maximum absolute atomic E-state index is 3.63. The summed E-state index contributed by atoms with van der Waals surface area (Å²) in [4.78, 5) is 5.53. The van der Waals surface area contributed by atoms with Crippen LogP contribution in [0.5, 0.6) is 0 Å². The Morgan fingerprint density at radius 3 is 2.35 bits per heavy atom. The van der Waals surface area contributed by atoms with Gasteiger partial charge in [0.1, 0.15) is 0 Å². The van der Waals surface area contributed by atoms with E-state index in [9.17, 15) is 0 Å². The molecule has 114 valence electrons. The Morgan fingerprint density at radius 2 is 1.85 bits per heavy atom. The molecular weight excluding hydrogens is 264 g/mol. The average molecular weight is 295 g/mol. The topological polar surface area (TPSA) is 15.3 Å². The van der Waals surface area contributed by atoms with Gasteiger partial charge < -0.3 is 10.2 Å². The van der Waals surface area contributed by atoms with Crippen LogP contribution >= 0.6 is 11.3 Å². The molecule has 0 amide bonds. The normalized spacial score (nSPS) is 20.2. The first-order valence-electron chi connectivity index (χ1n) is 8.04. The molecule has 1 aliphatic carbocycles. The van der Waals surface area contributed by atoms with Gasteiger partial charge in [-0.05, 0) is 59.0 Å². The Morgan fingerprint density at radius 1 is 1.20 bits per heavy atom. The zero-order chi connectivity index (χ0) is 14.6. The predicted molar refractivity (Wildman–Crippen MR) is 89.8 cm³/mol. The lowest BCUT2D eigenvalue weighted by molar-refractivity contribution is 0.0601. The van der Waals surface area contributed by atoms with Crippen LogP contribution in [-0.4, -0.2) is 37.6 Å². The molecule has 1 unspecified atom stereocenters. The van der Waals surface area contributed by atoms with Gasteiger partial charge in [0.2, 0.25) is 0 Å². The third-order valence-electron chi connectivity index (χ3n) is 5.08. The molecule has 0 radical (unpaired) electrons. The van der Waals surface area contributed by atoms with E-state index in [4.69, 9.17) is 0 Å². The van der Waals surface area contributed by atoms with Crippen molar-refractivity contribution in [2.75, 3.05) is 21.1 Å². The molecule has 0 aliphatic heterocycles. The second-order valence-corrected chi connectivity index (χ2v) is 7.58. The van der Waals surface area contributed by atoms with E-state index < -0.39 is 0 Å². The Balaban J connectivity index is 2.15. The molecular formula is C17H30N2S. The third kappa shape index (κ3) is 3.26. The molecule has 1 aromatic rings. The molecule has 1 aromatic heterocycles. The lowest BCUT2D eigenvalue weighted by atomic mass is 9.74. The van der Waals surface area contributed by atoms with Crippen LogP contribution in [0.1, 0.15) is 48.8 Å². The molecule has 1 atom stereocenters. The van der Waals surface area contributed by atoms with Crippen molar-refractivity contribution in [3.8, 4) is 0 Å². The number of thiophene rings is 1. The van der Waals surface area contributed by atoms with Crippen LogP contribution in [0.2, 0.25) is 0 Å². The van der Waals surface area contributed by atoms with E-state index in [-0.39, 0.29) is 0 Å². The first kappa shape index (κ1) is 16.0. The highest BCUT2D eigenvalue weighted by Crippen LogP contribution is 2.36. The lowest BCUT2D eigenvalue weighted by Gasteiger charge is -2.48. The summed E-state index contributed by atoms with van der Waals surface area (Å²) in [5.41, 5.74) is 0.337. The summed E-state index contributed by atoms with van der Waals surface area (Å²) in [6.07, 6.45) is 9.15. The fraction of sp³-hybridized carbons (Fsp3) is 0.765. The van der Waals surface area contributed by atoms with Crippen LogP contribution in [0, 0.1) is 0 Å². The molecule has 20 heavy (non-hydrogen) atoms. The van der Waals surface area contributed by atoms with Crippen molar-refractivity contribution in [1.82, 2.24) is 10.2 Å². The first-order chi connectivity index (χ1) is 9.62. The highest BCUT2D eigenvalue weighted by atomic mass is 32.1. The molecule has 1 heterocycles. The van der Waals surface area contributed by atoms with E-state index in [1.54, 1.807) is 0 Å². The van der Waals surface area contributed by atoms with E-state index in [0.29, 0.717) is 11.6 Å². The lowest BCUT2D eigenvalue weighted by Crippen LogP contribution is -2.60. The van der Waals surface area contributed by atoms with Crippen LogP contribution in [-0.2, 0) is 12.8 Å². The summed E-state index contributed by atoms with van der Waals surface area (Å²) in [5.74, 6) is 0. The minimum absolute atomic E-state index is 0.337. The van der Waals surface area contributed by atoms with Crippen molar-refractivity contribution in [3.63, 3.8) is 0 Å². The monoisotopic (exact) mass is 294 g/mol. The standard InChI is InChI=1S/C17H30N2S/c1-5-14-9-10-15(20-14)13-16(18-2)17(19(3)4)11-7-6-8-12-17/h9-10,16,18H,5-8,11-13H2,1-4H3. The van der Waals surface area contributed by atoms with Gasteiger partial charge >= 0.3 is 0 Å². The number of likely N-dealkylation sites (N-methyl/N-ethyl adjacent to an activating group) is 2. The van der Waals surface area contributed by atoms with Crippen molar-refractivity contribution in [2.45, 2.75) is 63.5 Å². The molecule has 0 saturated heterocycles. The molecule has 1 saturated carbocycles. The maximum atomic E-state index is 3.63. The summed E-state index contributed by atoms with van der Waals surface area (Å²) < 4.78 is 0. The van der Waals surface area contributed by atoms with Crippen LogP contribution in [0.3, 0.4) is 0 Å². The van der Waals surface area contributed by atoms with E-state index in [0.717, 1.165) is 6.42 Å². The zero-order valence-electron chi connectivity index (χ0n) is 13.5. The Hall–Kier alpha value is -0.380. The second kappa shape index (κ2) is 7.06. The molecule has 1 N–H and O–H groups in total. The predicted octanol–water partition coefficient (Wildman–Crippen LogP) is 3.71. The number of hydrogen-bond donors (Lipinski definition) is 1. The second-order valence-electron chi connectivity index (χ2n) is 6.33. The van der Waals surface area contributed by atoms with Gasteiger partial charge in [0.15, 0.2) is 0 Å². The number of aryl methyl sites for hydroxylation is 1. The van der Waals surface area contributed by atoms with Gasteiger partial charge in [-0.1, -0.05) is 26.2 Å². The van der Waals surface area contributed by atoms with Crippen molar-refractivity contribution in [2.24, 2.45) is 0 Å². The van der Waals surface area contributed by atoms with Gasteiger partial charge in [0.05, 0.1) is 0 Å². The SMILES string of the molecule is CCc1ccc(CC(NC)C2(N(C)C)CCCCC2)s1. The van der Waals surface area contributed by atoms with E-state index >= 15 is 0 Å². The van der Waals surface area contributed by atoms with Gasteiger partial charge in [-0.3, -0.25) is 0 Å². The summed E-state index contributed by atoms with van der Waals surface area (Å²) in [5, 5.41) is 3.63. The van der Waals surface area contributed by atoms with Crippen LogP contribution in [0.4, 0.5) is 0 Å². The fourth-order valence-corrected chi connectivity index (χ4v) is 4.76. The van der Waals surface area contributed by atoms with Gasteiger partial charge in [-0.15, -0.1) is 11.3 Å². The fourth-order valence-electron chi connectivity index (χ4n) is 3.76.